The van der Waals surface area contributed by atoms with Gasteiger partial charge >= 0.3 is 18.0 Å². The number of amides is 1. The number of alkyl carbamates (subject to hydrolysis) is 1. The van der Waals surface area contributed by atoms with Gasteiger partial charge in [0, 0.05) is 6.08 Å². The van der Waals surface area contributed by atoms with Crippen molar-refractivity contribution in [2.45, 2.75) is 32.4 Å². The van der Waals surface area contributed by atoms with Crippen LogP contribution in [0.15, 0.2) is 17.8 Å². The minimum absolute atomic E-state index is 0.374. The lowest BCUT2D eigenvalue weighted by atomic mass is 10.2. The predicted molar refractivity (Wildman–Crippen MR) is 74.8 cm³/mol. The van der Waals surface area contributed by atoms with E-state index in [1.165, 1.54) is 5.94 Å². The number of carboxylic acid groups (broad SMARTS) is 2. The third kappa shape index (κ3) is 9.16. The van der Waals surface area contributed by atoms with E-state index >= 15 is 0 Å². The first-order valence-electron chi connectivity index (χ1n) is 6.17. The average molecular weight is 314 g/mol. The number of carbonyl (C=O) groups excluding carboxylic acids is 2. The summed E-state index contributed by atoms with van der Waals surface area (Å²) in [6.45, 7) is 4.55. The molecule has 0 spiro atoms. The van der Waals surface area contributed by atoms with E-state index in [1.807, 2.05) is 0 Å². The highest BCUT2D eigenvalue weighted by Crippen LogP contribution is 2.06. The van der Waals surface area contributed by atoms with Gasteiger partial charge in [-0.25, -0.2) is 19.2 Å². The molecule has 0 saturated heterocycles. The SMILES string of the molecule is CC(C)(C)OC(=O)NC[C@H](NC(=C=O)/C=C\C(=O)O)C(=O)O. The summed E-state index contributed by atoms with van der Waals surface area (Å²) in [4.78, 5) is 43.4. The molecule has 0 bridgehead atoms. The molecule has 9 nitrogen and oxygen atoms in total. The number of nitrogens with one attached hydrogen (secondary N) is 2. The van der Waals surface area contributed by atoms with Crippen molar-refractivity contribution in [3.8, 4) is 0 Å². The van der Waals surface area contributed by atoms with E-state index in [0.717, 1.165) is 6.08 Å². The van der Waals surface area contributed by atoms with Crippen LogP contribution in [0.3, 0.4) is 0 Å². The second-order valence-corrected chi connectivity index (χ2v) is 5.11. The molecule has 0 aliphatic rings. The fourth-order valence-electron chi connectivity index (χ4n) is 1.15. The van der Waals surface area contributed by atoms with Gasteiger partial charge in [0.2, 0.25) is 0 Å². The minimum Gasteiger partial charge on any atom is -0.480 e. The first kappa shape index (κ1) is 19.2. The Hall–Kier alpha value is -2.80. The van der Waals surface area contributed by atoms with Gasteiger partial charge in [0.1, 0.15) is 23.3 Å². The largest absolute Gasteiger partial charge is 0.480 e. The van der Waals surface area contributed by atoms with E-state index in [2.05, 4.69) is 10.6 Å². The van der Waals surface area contributed by atoms with Crippen molar-refractivity contribution >= 4 is 24.0 Å². The normalized spacial score (nSPS) is 12.1. The molecular weight excluding hydrogens is 296 g/mol. The molecule has 0 saturated carbocycles. The standard InChI is InChI=1S/C13H18N2O7/c1-13(2,3)22-12(21)14-6-9(11(19)20)15-8(7-16)4-5-10(17)18/h4-5,9,15H,6H2,1-3H3,(H,14,21)(H,17,18)(H,19,20)/b5-4-/t9-/m0/s1. The van der Waals surface area contributed by atoms with Gasteiger partial charge in [-0.1, -0.05) is 0 Å². The van der Waals surface area contributed by atoms with Crippen molar-refractivity contribution in [3.05, 3.63) is 17.8 Å². The predicted octanol–water partition coefficient (Wildman–Crippen LogP) is -0.0898. The van der Waals surface area contributed by atoms with Crippen molar-refractivity contribution in [3.63, 3.8) is 0 Å². The van der Waals surface area contributed by atoms with Crippen LogP contribution < -0.4 is 10.6 Å². The first-order chi connectivity index (χ1) is 10.0. The van der Waals surface area contributed by atoms with Crippen molar-refractivity contribution < 1.29 is 34.1 Å². The molecule has 0 aromatic carbocycles. The van der Waals surface area contributed by atoms with Crippen molar-refractivity contribution in [1.29, 1.82) is 0 Å². The maximum absolute atomic E-state index is 11.4. The van der Waals surface area contributed by atoms with Gasteiger partial charge in [0.15, 0.2) is 0 Å². The van der Waals surface area contributed by atoms with Crippen molar-refractivity contribution in [2.75, 3.05) is 6.54 Å². The van der Waals surface area contributed by atoms with E-state index in [-0.39, 0.29) is 12.2 Å². The summed E-state index contributed by atoms with van der Waals surface area (Å²) >= 11 is 0. The number of ether oxygens (including phenoxy) is 1. The van der Waals surface area contributed by atoms with Crippen molar-refractivity contribution in [2.24, 2.45) is 0 Å². The maximum atomic E-state index is 11.4. The van der Waals surface area contributed by atoms with Gasteiger partial charge in [0.25, 0.3) is 0 Å². The lowest BCUT2D eigenvalue weighted by Gasteiger charge is -2.21. The fraction of sp³-hybridized carbons (Fsp3) is 0.462. The van der Waals surface area contributed by atoms with Crippen LogP contribution in [0.2, 0.25) is 0 Å². The number of carbonyl (C=O) groups is 3. The topological polar surface area (TPSA) is 142 Å². The van der Waals surface area contributed by atoms with E-state index in [9.17, 15) is 19.2 Å². The summed E-state index contributed by atoms with van der Waals surface area (Å²) in [5, 5.41) is 21.9. The van der Waals surface area contributed by atoms with Gasteiger partial charge in [-0.15, -0.1) is 0 Å². The number of allylic oxidation sites excluding steroid dienone is 1. The number of hydrogen-bond donors (Lipinski definition) is 4. The first-order valence-corrected chi connectivity index (χ1v) is 6.17. The summed E-state index contributed by atoms with van der Waals surface area (Å²) in [7, 11) is 0. The third-order valence-corrected chi connectivity index (χ3v) is 1.98. The average Bonchev–Trinajstić information content (AvgIpc) is 2.35. The van der Waals surface area contributed by atoms with Crippen LogP contribution in [0.5, 0.6) is 0 Å². The van der Waals surface area contributed by atoms with Crippen LogP contribution in [0.25, 0.3) is 0 Å². The quantitative estimate of drug-likeness (QED) is 0.290. The second-order valence-electron chi connectivity index (χ2n) is 5.11. The molecule has 122 valence electrons. The molecule has 1 amide bonds. The van der Waals surface area contributed by atoms with Gasteiger partial charge in [-0.2, -0.15) is 0 Å². The van der Waals surface area contributed by atoms with E-state index in [1.54, 1.807) is 20.8 Å². The van der Waals surface area contributed by atoms with Crippen LogP contribution in [-0.4, -0.2) is 52.4 Å². The third-order valence-electron chi connectivity index (χ3n) is 1.98. The highest BCUT2D eigenvalue weighted by Gasteiger charge is 2.21. The van der Waals surface area contributed by atoms with Gasteiger partial charge in [0.05, 0.1) is 6.54 Å². The summed E-state index contributed by atoms with van der Waals surface area (Å²) in [5.41, 5.74) is -1.12. The highest BCUT2D eigenvalue weighted by molar-refractivity contribution is 5.81. The van der Waals surface area contributed by atoms with Gasteiger partial charge in [-0.3, -0.25) is 0 Å². The molecular formula is C13H18N2O7. The molecule has 0 aromatic heterocycles. The number of aliphatic carboxylic acids is 2. The Balaban J connectivity index is 4.68. The van der Waals surface area contributed by atoms with Crippen molar-refractivity contribution in [1.82, 2.24) is 10.6 Å². The molecule has 0 fully saturated rings. The Kier molecular flexibility index (Phi) is 7.40. The zero-order valence-electron chi connectivity index (χ0n) is 12.4. The number of hydrogen-bond acceptors (Lipinski definition) is 6. The van der Waals surface area contributed by atoms with E-state index in [0.29, 0.717) is 6.08 Å². The fourth-order valence-corrected chi connectivity index (χ4v) is 1.15. The molecule has 22 heavy (non-hydrogen) atoms. The Morgan fingerprint density at radius 3 is 2.23 bits per heavy atom. The van der Waals surface area contributed by atoms with E-state index in [4.69, 9.17) is 14.9 Å². The minimum atomic E-state index is -1.36. The zero-order chi connectivity index (χ0) is 17.3. The number of rotatable bonds is 7. The molecule has 0 rings (SSSR count). The van der Waals surface area contributed by atoms with Crippen LogP contribution in [0.1, 0.15) is 20.8 Å². The number of carboxylic acids is 2. The molecule has 1 atom stereocenters. The molecule has 4 N–H and O–H groups in total. The van der Waals surface area contributed by atoms with Gasteiger partial charge < -0.3 is 25.6 Å². The Labute approximate surface area is 126 Å². The Bertz CT molecular complexity index is 513. The molecule has 0 aliphatic carbocycles. The smallest absolute Gasteiger partial charge is 0.407 e. The summed E-state index contributed by atoms with van der Waals surface area (Å²) in [6, 6.07) is -1.36. The lowest BCUT2D eigenvalue weighted by molar-refractivity contribution is -0.139. The molecule has 0 heterocycles. The van der Waals surface area contributed by atoms with Crippen LogP contribution in [-0.2, 0) is 19.1 Å². The summed E-state index contributed by atoms with van der Waals surface area (Å²) < 4.78 is 4.93. The highest BCUT2D eigenvalue weighted by atomic mass is 16.6. The zero-order valence-corrected chi connectivity index (χ0v) is 12.4. The molecule has 0 radical (unpaired) electrons. The van der Waals surface area contributed by atoms with Gasteiger partial charge in [-0.05, 0) is 26.8 Å². The van der Waals surface area contributed by atoms with Crippen LogP contribution >= 0.6 is 0 Å². The molecule has 0 unspecified atom stereocenters. The Morgan fingerprint density at radius 2 is 1.82 bits per heavy atom. The molecule has 0 aliphatic heterocycles. The maximum Gasteiger partial charge on any atom is 0.407 e. The van der Waals surface area contributed by atoms with E-state index < -0.39 is 29.7 Å². The summed E-state index contributed by atoms with van der Waals surface area (Å²) in [6.07, 6.45) is 0.685. The Morgan fingerprint density at radius 1 is 1.23 bits per heavy atom. The lowest BCUT2D eigenvalue weighted by Crippen LogP contribution is -2.46. The summed E-state index contributed by atoms with van der Waals surface area (Å²) in [5.74, 6) is -1.30. The van der Waals surface area contributed by atoms with Crippen LogP contribution in [0, 0.1) is 0 Å². The molecule has 9 heteroatoms. The monoisotopic (exact) mass is 314 g/mol. The second kappa shape index (κ2) is 8.48. The van der Waals surface area contributed by atoms with Crippen LogP contribution in [0.4, 0.5) is 4.79 Å². The molecule has 0 aromatic rings.